The van der Waals surface area contributed by atoms with Crippen molar-refractivity contribution in [2.24, 2.45) is 5.92 Å². The van der Waals surface area contributed by atoms with Crippen molar-refractivity contribution in [1.29, 1.82) is 0 Å². The summed E-state index contributed by atoms with van der Waals surface area (Å²) in [5, 5.41) is 10.3. The van der Waals surface area contributed by atoms with Crippen LogP contribution < -0.4 is 14.4 Å². The summed E-state index contributed by atoms with van der Waals surface area (Å²) in [6, 6.07) is 18.3. The highest BCUT2D eigenvalue weighted by Crippen LogP contribution is 2.19. The predicted octanol–water partition coefficient (Wildman–Crippen LogP) is 1.97. The molecule has 4 nitrogen and oxygen atoms in total. The third-order valence-corrected chi connectivity index (χ3v) is 5.19. The van der Waals surface area contributed by atoms with Crippen molar-refractivity contribution in [1.82, 2.24) is 0 Å². The van der Waals surface area contributed by atoms with E-state index in [0.29, 0.717) is 6.61 Å². The summed E-state index contributed by atoms with van der Waals surface area (Å²) in [7, 11) is 1.64. The van der Waals surface area contributed by atoms with Crippen molar-refractivity contribution in [3.05, 3.63) is 60.2 Å². The molecule has 0 aliphatic carbocycles. The Hall–Kier alpha value is -2.04. The summed E-state index contributed by atoms with van der Waals surface area (Å²) in [4.78, 5) is 1.48. The maximum atomic E-state index is 10.3. The van der Waals surface area contributed by atoms with Crippen molar-refractivity contribution in [2.45, 2.75) is 25.4 Å². The lowest BCUT2D eigenvalue weighted by Gasteiger charge is -2.30. The lowest BCUT2D eigenvalue weighted by atomic mass is 9.90. The van der Waals surface area contributed by atoms with Crippen LogP contribution in [0, 0.1) is 5.92 Å². The molecule has 1 aliphatic heterocycles. The van der Waals surface area contributed by atoms with E-state index < -0.39 is 6.10 Å². The van der Waals surface area contributed by atoms with Crippen LogP contribution in [0.4, 0.5) is 0 Å². The first-order chi connectivity index (χ1) is 12.7. The molecule has 0 spiro atoms. The maximum Gasteiger partial charge on any atom is 0.137 e. The van der Waals surface area contributed by atoms with Gasteiger partial charge in [-0.1, -0.05) is 36.4 Å². The summed E-state index contributed by atoms with van der Waals surface area (Å²) in [6.45, 7) is 3.34. The van der Waals surface area contributed by atoms with Gasteiger partial charge in [0, 0.05) is 6.07 Å². The number of hydrogen-bond acceptors (Lipinski definition) is 3. The highest BCUT2D eigenvalue weighted by molar-refractivity contribution is 5.32. The van der Waals surface area contributed by atoms with E-state index in [2.05, 4.69) is 30.3 Å². The molecule has 0 bridgehead atoms. The average molecular weight is 356 g/mol. The second-order valence-corrected chi connectivity index (χ2v) is 7.23. The summed E-state index contributed by atoms with van der Waals surface area (Å²) in [6.07, 6.45) is 3.19. The number of aliphatic hydroxyl groups excluding tert-OH is 1. The molecule has 0 amide bonds. The standard InChI is InChI=1S/C22H29NO3/c1-25-21-8-5-9-22(15-21)26-17-20(24)16-23-12-10-19(11-13-23)14-18-6-3-2-4-7-18/h2-9,15,19-20,24H,10-14,16-17H2,1H3/p+1/t20-/m1/s1. The molecular weight excluding hydrogens is 326 g/mol. The summed E-state index contributed by atoms with van der Waals surface area (Å²) < 4.78 is 10.9. The van der Waals surface area contributed by atoms with Crippen molar-refractivity contribution < 1.29 is 19.5 Å². The molecule has 1 atom stereocenters. The van der Waals surface area contributed by atoms with Crippen LogP contribution in [-0.4, -0.2) is 44.6 Å². The van der Waals surface area contributed by atoms with E-state index in [1.54, 1.807) is 7.11 Å². The molecule has 0 saturated carbocycles. The Kier molecular flexibility index (Phi) is 6.92. The number of quaternary nitrogens is 1. The molecule has 3 rings (SSSR count). The van der Waals surface area contributed by atoms with Gasteiger partial charge >= 0.3 is 0 Å². The van der Waals surface area contributed by atoms with Gasteiger partial charge in [0.2, 0.25) is 0 Å². The Balaban J connectivity index is 1.37. The number of hydrogen-bond donors (Lipinski definition) is 2. The summed E-state index contributed by atoms with van der Waals surface area (Å²) >= 11 is 0. The first-order valence-electron chi connectivity index (χ1n) is 9.55. The third kappa shape index (κ3) is 5.75. The van der Waals surface area contributed by atoms with Gasteiger partial charge in [-0.2, -0.15) is 0 Å². The Morgan fingerprint density at radius 3 is 2.50 bits per heavy atom. The second-order valence-electron chi connectivity index (χ2n) is 7.23. The SMILES string of the molecule is COc1cccc(OC[C@H](O)C[NH+]2CCC(Cc3ccccc3)CC2)c1. The Morgan fingerprint density at radius 2 is 1.77 bits per heavy atom. The third-order valence-electron chi connectivity index (χ3n) is 5.19. The molecule has 1 aliphatic rings. The zero-order valence-corrected chi connectivity index (χ0v) is 15.6. The predicted molar refractivity (Wildman–Crippen MR) is 103 cm³/mol. The number of likely N-dealkylation sites (tertiary alicyclic amines) is 1. The van der Waals surface area contributed by atoms with Crippen LogP contribution in [0.15, 0.2) is 54.6 Å². The van der Waals surface area contributed by atoms with Crippen molar-refractivity contribution in [3.8, 4) is 11.5 Å². The van der Waals surface area contributed by atoms with Gasteiger partial charge in [-0.3, -0.25) is 0 Å². The monoisotopic (exact) mass is 356 g/mol. The summed E-state index contributed by atoms with van der Waals surface area (Å²) in [5.74, 6) is 2.27. The molecule has 0 aromatic heterocycles. The minimum atomic E-state index is -0.443. The minimum Gasteiger partial charge on any atom is -0.497 e. The Labute approximate surface area is 156 Å². The lowest BCUT2D eigenvalue weighted by molar-refractivity contribution is -0.909. The van der Waals surface area contributed by atoms with Crippen LogP contribution in [0.3, 0.4) is 0 Å². The average Bonchev–Trinajstić information content (AvgIpc) is 2.69. The van der Waals surface area contributed by atoms with E-state index >= 15 is 0 Å². The minimum absolute atomic E-state index is 0.324. The van der Waals surface area contributed by atoms with Crippen LogP contribution in [0.25, 0.3) is 0 Å². The number of nitrogens with one attached hydrogen (secondary N) is 1. The normalized spacial score (nSPS) is 21.2. The quantitative estimate of drug-likeness (QED) is 0.760. The molecule has 140 valence electrons. The largest absolute Gasteiger partial charge is 0.497 e. The highest BCUT2D eigenvalue weighted by Gasteiger charge is 2.24. The van der Waals surface area contributed by atoms with E-state index in [0.717, 1.165) is 37.1 Å². The fourth-order valence-corrected chi connectivity index (χ4v) is 3.72. The van der Waals surface area contributed by atoms with Gasteiger partial charge in [0.25, 0.3) is 0 Å². The Bertz CT molecular complexity index is 653. The van der Waals surface area contributed by atoms with Crippen molar-refractivity contribution >= 4 is 0 Å². The Morgan fingerprint density at radius 1 is 1.04 bits per heavy atom. The molecule has 1 fully saturated rings. The van der Waals surface area contributed by atoms with Crippen LogP contribution in [0.1, 0.15) is 18.4 Å². The van der Waals surface area contributed by atoms with E-state index in [4.69, 9.17) is 9.47 Å². The number of piperidine rings is 1. The topological polar surface area (TPSA) is 43.1 Å². The van der Waals surface area contributed by atoms with Crippen molar-refractivity contribution in [3.63, 3.8) is 0 Å². The molecule has 4 heteroatoms. The van der Waals surface area contributed by atoms with Crippen LogP contribution in [0.2, 0.25) is 0 Å². The number of methoxy groups -OCH3 is 1. The fraction of sp³-hybridized carbons (Fsp3) is 0.455. The zero-order chi connectivity index (χ0) is 18.2. The molecule has 2 N–H and O–H groups in total. The maximum absolute atomic E-state index is 10.3. The lowest BCUT2D eigenvalue weighted by Crippen LogP contribution is -3.14. The fourth-order valence-electron chi connectivity index (χ4n) is 3.72. The van der Waals surface area contributed by atoms with Gasteiger partial charge in [0.15, 0.2) is 0 Å². The smallest absolute Gasteiger partial charge is 0.137 e. The first-order valence-corrected chi connectivity index (χ1v) is 9.55. The van der Waals surface area contributed by atoms with E-state index in [9.17, 15) is 5.11 Å². The molecule has 26 heavy (non-hydrogen) atoms. The highest BCUT2D eigenvalue weighted by atomic mass is 16.5. The molecule has 1 saturated heterocycles. The van der Waals surface area contributed by atoms with Gasteiger partial charge in [0.05, 0.1) is 20.2 Å². The van der Waals surface area contributed by atoms with E-state index in [1.165, 1.54) is 29.7 Å². The second kappa shape index (κ2) is 9.60. The van der Waals surface area contributed by atoms with Crippen LogP contribution in [-0.2, 0) is 6.42 Å². The number of aliphatic hydroxyl groups is 1. The molecule has 1 heterocycles. The van der Waals surface area contributed by atoms with Gasteiger partial charge in [0.1, 0.15) is 30.8 Å². The van der Waals surface area contributed by atoms with Gasteiger partial charge in [-0.25, -0.2) is 0 Å². The number of rotatable bonds is 8. The van der Waals surface area contributed by atoms with Gasteiger partial charge in [-0.15, -0.1) is 0 Å². The first kappa shape index (κ1) is 18.7. The van der Waals surface area contributed by atoms with Crippen LogP contribution >= 0.6 is 0 Å². The molecule has 2 aromatic rings. The van der Waals surface area contributed by atoms with E-state index in [1.807, 2.05) is 24.3 Å². The molecule has 0 radical (unpaired) electrons. The molecular formula is C22H30NO3+. The number of ether oxygens (including phenoxy) is 2. The summed E-state index contributed by atoms with van der Waals surface area (Å²) in [5.41, 5.74) is 1.44. The van der Waals surface area contributed by atoms with E-state index in [-0.39, 0.29) is 0 Å². The van der Waals surface area contributed by atoms with Gasteiger partial charge in [-0.05, 0) is 42.9 Å². The van der Waals surface area contributed by atoms with Gasteiger partial charge < -0.3 is 19.5 Å². The van der Waals surface area contributed by atoms with Crippen molar-refractivity contribution in [2.75, 3.05) is 33.4 Å². The van der Waals surface area contributed by atoms with Crippen LogP contribution in [0.5, 0.6) is 11.5 Å². The number of benzene rings is 2. The molecule has 2 aromatic carbocycles. The molecule has 0 unspecified atom stereocenters. The zero-order valence-electron chi connectivity index (χ0n) is 15.6.